The number of benzene rings is 1. The maximum absolute atomic E-state index is 12.6. The molecule has 1 aliphatic heterocycles. The van der Waals surface area contributed by atoms with E-state index in [2.05, 4.69) is 50.4 Å². The van der Waals surface area contributed by atoms with Gasteiger partial charge < -0.3 is 19.9 Å². The van der Waals surface area contributed by atoms with Gasteiger partial charge in [-0.25, -0.2) is 4.98 Å². The van der Waals surface area contributed by atoms with Crippen molar-refractivity contribution in [3.05, 3.63) is 42.2 Å². The maximum atomic E-state index is 12.6. The van der Waals surface area contributed by atoms with Crippen molar-refractivity contribution in [2.24, 2.45) is 5.92 Å². The summed E-state index contributed by atoms with van der Waals surface area (Å²) in [4.78, 5) is 30.0. The lowest BCUT2D eigenvalue weighted by molar-refractivity contribution is -0.161. The average Bonchev–Trinajstić information content (AvgIpc) is 3.65. The molecule has 0 atom stereocenters. The molecule has 2 saturated carbocycles. The van der Waals surface area contributed by atoms with E-state index in [1.54, 1.807) is 0 Å². The third-order valence-corrected chi connectivity index (χ3v) is 9.12. The van der Waals surface area contributed by atoms with Crippen molar-refractivity contribution in [2.45, 2.75) is 115 Å². The predicted octanol–water partition coefficient (Wildman–Crippen LogP) is 6.33. The van der Waals surface area contributed by atoms with Crippen molar-refractivity contribution in [2.75, 3.05) is 23.7 Å². The van der Waals surface area contributed by atoms with Crippen LogP contribution in [-0.4, -0.2) is 61.2 Å². The van der Waals surface area contributed by atoms with Gasteiger partial charge in [0.25, 0.3) is 0 Å². The van der Waals surface area contributed by atoms with E-state index in [0.717, 1.165) is 75.1 Å². The lowest BCUT2D eigenvalue weighted by Crippen LogP contribution is -2.39. The molecule has 1 aromatic carbocycles. The molecule has 0 bridgehead atoms. The lowest BCUT2D eigenvalue weighted by Gasteiger charge is -2.33. The highest BCUT2D eigenvalue weighted by Gasteiger charge is 2.31. The largest absolute Gasteiger partial charge is 0.460 e. The molecule has 0 unspecified atom stereocenters. The Labute approximate surface area is 249 Å². The van der Waals surface area contributed by atoms with Gasteiger partial charge in [0.15, 0.2) is 17.0 Å². The van der Waals surface area contributed by atoms with Gasteiger partial charge in [-0.15, -0.1) is 0 Å². The van der Waals surface area contributed by atoms with Gasteiger partial charge in [-0.05, 0) is 77.7 Å². The molecular formula is C33H47N7O2. The Kier molecular flexibility index (Phi) is 8.65. The van der Waals surface area contributed by atoms with Crippen molar-refractivity contribution >= 4 is 28.9 Å². The van der Waals surface area contributed by atoms with E-state index >= 15 is 0 Å². The van der Waals surface area contributed by atoms with Crippen molar-refractivity contribution in [1.82, 2.24) is 24.4 Å². The van der Waals surface area contributed by atoms with E-state index in [9.17, 15) is 4.79 Å². The normalized spacial score (nSPS) is 22.8. The van der Waals surface area contributed by atoms with Crippen LogP contribution in [0.3, 0.4) is 0 Å². The van der Waals surface area contributed by atoms with E-state index in [1.165, 1.54) is 31.2 Å². The van der Waals surface area contributed by atoms with Crippen molar-refractivity contribution in [3.63, 3.8) is 0 Å². The molecule has 2 aliphatic carbocycles. The second-order valence-electron chi connectivity index (χ2n) is 13.6. The molecule has 0 amide bonds. The number of piperidine rings is 1. The van der Waals surface area contributed by atoms with Crippen LogP contribution < -0.4 is 10.6 Å². The third kappa shape index (κ3) is 7.05. The van der Waals surface area contributed by atoms with E-state index in [-0.39, 0.29) is 17.9 Å². The van der Waals surface area contributed by atoms with Gasteiger partial charge in [0.1, 0.15) is 5.60 Å². The van der Waals surface area contributed by atoms with Crippen LogP contribution in [0.15, 0.2) is 36.7 Å². The van der Waals surface area contributed by atoms with Gasteiger partial charge in [-0.3, -0.25) is 9.69 Å². The first-order valence-corrected chi connectivity index (χ1v) is 16.1. The summed E-state index contributed by atoms with van der Waals surface area (Å²) in [5.74, 6) is 1.40. The van der Waals surface area contributed by atoms with Gasteiger partial charge >= 0.3 is 5.97 Å². The number of rotatable bonds is 8. The lowest BCUT2D eigenvalue weighted by atomic mass is 9.86. The fourth-order valence-corrected chi connectivity index (χ4v) is 6.84. The Morgan fingerprint density at radius 3 is 2.29 bits per heavy atom. The van der Waals surface area contributed by atoms with Crippen LogP contribution in [0.25, 0.3) is 11.2 Å². The Morgan fingerprint density at radius 1 is 0.905 bits per heavy atom. The number of nitrogens with one attached hydrogen (secondary N) is 2. The van der Waals surface area contributed by atoms with Gasteiger partial charge in [-0.1, -0.05) is 43.2 Å². The molecule has 42 heavy (non-hydrogen) atoms. The molecular weight excluding hydrogens is 526 g/mol. The van der Waals surface area contributed by atoms with E-state index in [0.29, 0.717) is 18.0 Å². The topological polar surface area (TPSA) is 97.2 Å². The molecule has 2 N–H and O–H groups in total. The van der Waals surface area contributed by atoms with Gasteiger partial charge in [0.05, 0.1) is 12.2 Å². The minimum absolute atomic E-state index is 0.0283. The van der Waals surface area contributed by atoms with Gasteiger partial charge in [0.2, 0.25) is 5.95 Å². The minimum atomic E-state index is -0.445. The smallest absolute Gasteiger partial charge is 0.309 e. The SMILES string of the molecule is CC(C)(C)OC(=O)C1CCC(Nc2nc(NC3CCN(Cc4ccccc4)CC3)c3ncn(C4CCCC4)c3n2)CC1. The molecule has 0 radical (unpaired) electrons. The summed E-state index contributed by atoms with van der Waals surface area (Å²) in [5, 5.41) is 7.42. The molecule has 3 aliphatic rings. The fourth-order valence-electron chi connectivity index (χ4n) is 6.84. The summed E-state index contributed by atoms with van der Waals surface area (Å²) < 4.78 is 7.93. The maximum Gasteiger partial charge on any atom is 0.309 e. The molecule has 3 aromatic rings. The fraction of sp³-hybridized carbons (Fsp3) is 0.636. The summed E-state index contributed by atoms with van der Waals surface area (Å²) in [6, 6.07) is 11.8. The second-order valence-corrected chi connectivity index (χ2v) is 13.6. The number of fused-ring (bicyclic) bond motifs is 1. The Bertz CT molecular complexity index is 1330. The number of ether oxygens (including phenoxy) is 1. The van der Waals surface area contributed by atoms with Crippen LogP contribution in [0, 0.1) is 5.92 Å². The highest BCUT2D eigenvalue weighted by Crippen LogP contribution is 2.34. The first kappa shape index (κ1) is 28.9. The Morgan fingerprint density at radius 2 is 1.60 bits per heavy atom. The van der Waals surface area contributed by atoms with Crippen molar-refractivity contribution in [1.29, 1.82) is 0 Å². The standard InChI is InChI=1S/C33H47N7O2/c1-33(2,3)42-31(41)24-13-15-25(16-14-24)36-32-37-29(28-30(38-32)40(22-34-28)27-11-7-8-12-27)35-26-17-19-39(20-18-26)21-23-9-5-4-6-10-23/h4-6,9-10,22,24-27H,7-8,11-21H2,1-3H3,(H2,35,36,37,38). The zero-order valence-corrected chi connectivity index (χ0v) is 25.5. The van der Waals surface area contributed by atoms with Crippen LogP contribution in [0.1, 0.15) is 96.6 Å². The van der Waals surface area contributed by atoms with Crippen molar-refractivity contribution < 1.29 is 9.53 Å². The molecule has 1 saturated heterocycles. The predicted molar refractivity (Wildman–Crippen MR) is 166 cm³/mol. The van der Waals surface area contributed by atoms with Gasteiger partial charge in [-0.2, -0.15) is 9.97 Å². The van der Waals surface area contributed by atoms with Crippen LogP contribution in [-0.2, 0) is 16.1 Å². The summed E-state index contributed by atoms with van der Waals surface area (Å²) in [5.41, 5.74) is 2.72. The zero-order chi connectivity index (χ0) is 29.1. The first-order valence-electron chi connectivity index (χ1n) is 16.1. The van der Waals surface area contributed by atoms with Crippen LogP contribution in [0.2, 0.25) is 0 Å². The number of anilines is 2. The minimum Gasteiger partial charge on any atom is -0.460 e. The number of imidazole rings is 1. The number of likely N-dealkylation sites (tertiary alicyclic amines) is 1. The van der Waals surface area contributed by atoms with Gasteiger partial charge in [0, 0.05) is 37.8 Å². The second kappa shape index (κ2) is 12.6. The molecule has 9 heteroatoms. The van der Waals surface area contributed by atoms with Crippen molar-refractivity contribution in [3.8, 4) is 0 Å². The summed E-state index contributed by atoms with van der Waals surface area (Å²) >= 11 is 0. The number of aromatic nitrogens is 4. The molecule has 6 rings (SSSR count). The summed E-state index contributed by atoms with van der Waals surface area (Å²) in [6.07, 6.45) is 12.4. The number of carbonyl (C=O) groups excluding carboxylic acids is 1. The zero-order valence-electron chi connectivity index (χ0n) is 25.5. The molecule has 3 heterocycles. The number of esters is 1. The van der Waals surface area contributed by atoms with E-state index in [1.807, 2.05) is 27.1 Å². The molecule has 3 fully saturated rings. The average molecular weight is 574 g/mol. The number of nitrogens with zero attached hydrogens (tertiary/aromatic N) is 5. The molecule has 9 nitrogen and oxygen atoms in total. The summed E-state index contributed by atoms with van der Waals surface area (Å²) in [6.45, 7) is 8.92. The highest BCUT2D eigenvalue weighted by atomic mass is 16.6. The Balaban J connectivity index is 1.14. The quantitative estimate of drug-likeness (QED) is 0.302. The number of hydrogen-bond donors (Lipinski definition) is 2. The Hall–Kier alpha value is -3.20. The number of carbonyl (C=O) groups is 1. The van der Waals surface area contributed by atoms with E-state index < -0.39 is 5.60 Å². The van der Waals surface area contributed by atoms with Crippen LogP contribution >= 0.6 is 0 Å². The highest BCUT2D eigenvalue weighted by molar-refractivity contribution is 5.84. The monoisotopic (exact) mass is 573 g/mol. The molecule has 2 aromatic heterocycles. The van der Waals surface area contributed by atoms with E-state index in [4.69, 9.17) is 19.7 Å². The first-order chi connectivity index (χ1) is 20.3. The molecule has 226 valence electrons. The van der Waals surface area contributed by atoms with Crippen LogP contribution in [0.4, 0.5) is 11.8 Å². The van der Waals surface area contributed by atoms with Crippen LogP contribution in [0.5, 0.6) is 0 Å². The number of hydrogen-bond acceptors (Lipinski definition) is 8. The summed E-state index contributed by atoms with van der Waals surface area (Å²) in [7, 11) is 0. The molecule has 0 spiro atoms. The third-order valence-electron chi connectivity index (χ3n) is 9.12.